The highest BCUT2D eigenvalue weighted by molar-refractivity contribution is 6.14. The number of hydrogen-bond acceptors (Lipinski definition) is 5. The lowest BCUT2D eigenvalue weighted by Gasteiger charge is -2.23. The van der Waals surface area contributed by atoms with E-state index >= 15 is 13.2 Å². The van der Waals surface area contributed by atoms with E-state index in [-0.39, 0.29) is 22.6 Å². The molecule has 0 saturated heterocycles. The van der Waals surface area contributed by atoms with E-state index in [1.165, 1.54) is 6.07 Å². The van der Waals surface area contributed by atoms with Crippen molar-refractivity contribution in [2.75, 3.05) is 0 Å². The number of benzene rings is 12. The van der Waals surface area contributed by atoms with Gasteiger partial charge in [-0.25, -0.2) is 24.6 Å². The molecule has 3 heterocycles. The Hall–Kier alpha value is -13.0. The quantitative estimate of drug-likeness (QED) is 0.127. The molecule has 0 aliphatic rings. The minimum atomic E-state index is -4.91. The molecule has 0 saturated carbocycles. The molecule has 0 amide bonds. The Kier molecular flexibility index (Phi) is 13.7. The largest absolute Gasteiger partial charge is 0.417 e. The normalized spacial score (nSPS) is 11.4. The fourth-order valence-electron chi connectivity index (χ4n) is 12.5. The molecule has 9 nitrogen and oxygen atoms in total. The van der Waals surface area contributed by atoms with Crippen LogP contribution in [0.1, 0.15) is 16.7 Å². The van der Waals surface area contributed by atoms with Gasteiger partial charge in [0.25, 0.3) is 0 Å². The van der Waals surface area contributed by atoms with Gasteiger partial charge in [0.15, 0.2) is 28.8 Å². The van der Waals surface area contributed by atoms with Gasteiger partial charge in [0.05, 0.1) is 75.4 Å². The van der Waals surface area contributed by atoms with E-state index in [9.17, 15) is 10.5 Å². The highest BCUT2D eigenvalue weighted by atomic mass is 19.4. The average molecular weight is 1190 g/mol. The van der Waals surface area contributed by atoms with Crippen molar-refractivity contribution >= 4 is 55.0 Å². The maximum Gasteiger partial charge on any atom is 0.417 e. The van der Waals surface area contributed by atoms with E-state index in [0.29, 0.717) is 67.5 Å². The second-order valence-corrected chi connectivity index (χ2v) is 22.3. The molecule has 15 aromatic rings. The van der Waals surface area contributed by atoms with Gasteiger partial charge in [0.1, 0.15) is 0 Å². The van der Waals surface area contributed by atoms with Crippen LogP contribution in [-0.2, 0) is 6.18 Å². The van der Waals surface area contributed by atoms with Crippen molar-refractivity contribution in [2.24, 2.45) is 0 Å². The maximum atomic E-state index is 16.8. The zero-order valence-electron chi connectivity index (χ0n) is 48.6. The van der Waals surface area contributed by atoms with Gasteiger partial charge >= 0.3 is 6.18 Å². The summed E-state index contributed by atoms with van der Waals surface area (Å²) >= 11 is 0. The third-order valence-corrected chi connectivity index (χ3v) is 16.9. The van der Waals surface area contributed by atoms with Crippen LogP contribution in [0.15, 0.2) is 267 Å². The summed E-state index contributed by atoms with van der Waals surface area (Å²) in [5.41, 5.74) is 13.4. The minimum absolute atomic E-state index is 0.105. The second kappa shape index (κ2) is 22.6. The summed E-state index contributed by atoms with van der Waals surface area (Å²) < 4.78 is 54.5. The standard InChI is InChI=1S/C80H44F3N9/c1-86-62-33-24-53(25-34-62)59-29-38-71-65(44-59)64-42-57(51-20-16-49(47-84)17-21-51)28-37-70(64)91(71)74-41-32-61(79-89-77(55-10-5-3-6-11-55)88-78(90-79)56-12-7-4-8-13-56)46-68(74)76-69(80(81,82)83)14-9-15-75(76)92-72-39-30-58(52-22-18-50(48-85)19-23-52)43-66(72)67-45-60(31-40-73(67)92)54-26-35-63(87-2)36-27-54/h3-46H. The van der Waals surface area contributed by atoms with Crippen LogP contribution in [0.3, 0.4) is 0 Å². The lowest BCUT2D eigenvalue weighted by molar-refractivity contribution is -0.137. The number of nitrogens with zero attached hydrogens (tertiary/aromatic N) is 9. The Balaban J connectivity index is 1.05. The van der Waals surface area contributed by atoms with Crippen LogP contribution < -0.4 is 0 Å². The van der Waals surface area contributed by atoms with Crippen molar-refractivity contribution in [3.8, 4) is 113 Å². The van der Waals surface area contributed by atoms with E-state index in [2.05, 4.69) is 40.0 Å². The molecule has 0 aliphatic heterocycles. The van der Waals surface area contributed by atoms with Crippen molar-refractivity contribution in [1.82, 2.24) is 24.1 Å². The number of alkyl halides is 3. The molecule has 0 N–H and O–H groups in total. The Morgan fingerprint density at radius 2 is 0.685 bits per heavy atom. The van der Waals surface area contributed by atoms with Gasteiger partial charge in [0.2, 0.25) is 0 Å². The van der Waals surface area contributed by atoms with Crippen LogP contribution in [0.25, 0.3) is 154 Å². The van der Waals surface area contributed by atoms with Crippen LogP contribution in [0.4, 0.5) is 24.5 Å². The topological polar surface area (TPSA) is 105 Å². The zero-order chi connectivity index (χ0) is 62.6. The van der Waals surface area contributed by atoms with Gasteiger partial charge < -0.3 is 9.13 Å². The third kappa shape index (κ3) is 9.90. The Labute approximate surface area is 526 Å². The molecule has 0 bridgehead atoms. The number of rotatable bonds is 10. The molecule has 0 radical (unpaired) electrons. The molecule has 15 rings (SSSR count). The zero-order valence-corrected chi connectivity index (χ0v) is 48.6. The molecule has 0 spiro atoms. The molecule has 3 aromatic heterocycles. The SMILES string of the molecule is [C-]#[N+]c1ccc(-c2ccc3c(c2)c2cc(-c4ccc(C#N)cc4)ccc2n3-c2ccc(-c3nc(-c4ccccc4)nc(-c4ccccc4)n3)cc2-c2c(-n3c4ccc(-c5ccc(C#N)cc5)cc4c4cc(-c5ccc([N+]#[C-])cc5)ccc43)cccc2C(F)(F)F)cc1. The first-order valence-electron chi connectivity index (χ1n) is 29.4. The van der Waals surface area contributed by atoms with Gasteiger partial charge in [-0.1, -0.05) is 164 Å². The molecule has 430 valence electrons. The fraction of sp³-hybridized carbons (Fsp3) is 0.0125. The Morgan fingerprint density at radius 1 is 0.337 bits per heavy atom. The van der Waals surface area contributed by atoms with E-state index in [4.69, 9.17) is 28.1 Å². The minimum Gasteiger partial charge on any atom is -0.309 e. The lowest BCUT2D eigenvalue weighted by Crippen LogP contribution is -2.11. The first-order valence-corrected chi connectivity index (χ1v) is 29.4. The van der Waals surface area contributed by atoms with Gasteiger partial charge in [-0.3, -0.25) is 0 Å². The van der Waals surface area contributed by atoms with Gasteiger partial charge in [-0.15, -0.1) is 0 Å². The molecule has 12 heteroatoms. The molecule has 92 heavy (non-hydrogen) atoms. The molecule has 12 aromatic carbocycles. The average Bonchev–Trinajstić information content (AvgIpc) is 1.52. The number of fused-ring (bicyclic) bond motifs is 6. The van der Waals surface area contributed by atoms with Crippen LogP contribution in [-0.4, -0.2) is 24.1 Å². The molecular weight excluding hydrogens is 1140 g/mol. The summed E-state index contributed by atoms with van der Waals surface area (Å²) in [6.07, 6.45) is -4.91. The predicted molar refractivity (Wildman–Crippen MR) is 359 cm³/mol. The highest BCUT2D eigenvalue weighted by Crippen LogP contribution is 2.49. The first-order chi connectivity index (χ1) is 45.0. The molecule has 0 aliphatic carbocycles. The van der Waals surface area contributed by atoms with Crippen molar-refractivity contribution in [3.05, 3.63) is 306 Å². The van der Waals surface area contributed by atoms with Gasteiger partial charge in [-0.2, -0.15) is 23.7 Å². The Morgan fingerprint density at radius 3 is 1.05 bits per heavy atom. The van der Waals surface area contributed by atoms with Crippen molar-refractivity contribution in [2.45, 2.75) is 6.18 Å². The number of halogens is 3. The van der Waals surface area contributed by atoms with Crippen LogP contribution in [0.5, 0.6) is 0 Å². The summed E-state index contributed by atoms with van der Waals surface area (Å²) in [4.78, 5) is 22.4. The maximum absolute atomic E-state index is 16.8. The molecular formula is C80H44F3N9. The molecule has 0 atom stereocenters. The van der Waals surface area contributed by atoms with Crippen molar-refractivity contribution in [3.63, 3.8) is 0 Å². The van der Waals surface area contributed by atoms with Gasteiger partial charge in [-0.05, 0) is 148 Å². The predicted octanol–water partition coefficient (Wildman–Crippen LogP) is 21.3. The highest BCUT2D eigenvalue weighted by Gasteiger charge is 2.37. The van der Waals surface area contributed by atoms with Gasteiger partial charge in [0, 0.05) is 49.4 Å². The van der Waals surface area contributed by atoms with E-state index in [0.717, 1.165) is 83.2 Å². The first kappa shape index (κ1) is 55.6. The molecule has 0 fully saturated rings. The van der Waals surface area contributed by atoms with Crippen LogP contribution in [0, 0.1) is 35.8 Å². The summed E-state index contributed by atoms with van der Waals surface area (Å²) in [6.45, 7) is 15.3. The number of hydrogen-bond donors (Lipinski definition) is 0. The summed E-state index contributed by atoms with van der Waals surface area (Å²) in [5, 5.41) is 22.6. The van der Waals surface area contributed by atoms with E-state index < -0.39 is 11.7 Å². The molecule has 0 unspecified atom stereocenters. The lowest BCUT2D eigenvalue weighted by atomic mass is 9.93. The number of aromatic nitrogens is 5. The fourth-order valence-corrected chi connectivity index (χ4v) is 12.5. The second-order valence-electron chi connectivity index (χ2n) is 22.3. The monoisotopic (exact) mass is 1190 g/mol. The van der Waals surface area contributed by atoms with Crippen LogP contribution >= 0.6 is 0 Å². The summed E-state index contributed by atoms with van der Waals surface area (Å²) in [5.74, 6) is 0.997. The number of nitriles is 2. The Bertz CT molecular complexity index is 5340. The summed E-state index contributed by atoms with van der Waals surface area (Å²) in [7, 11) is 0. The van der Waals surface area contributed by atoms with Crippen molar-refractivity contribution in [1.29, 1.82) is 10.5 Å². The van der Waals surface area contributed by atoms with E-state index in [1.807, 2.05) is 185 Å². The summed E-state index contributed by atoms with van der Waals surface area (Å²) in [6, 6.07) is 86.7. The van der Waals surface area contributed by atoms with Crippen molar-refractivity contribution < 1.29 is 13.2 Å². The van der Waals surface area contributed by atoms with E-state index in [1.54, 1.807) is 60.7 Å². The third-order valence-electron chi connectivity index (χ3n) is 16.9. The van der Waals surface area contributed by atoms with Crippen LogP contribution in [0.2, 0.25) is 0 Å². The smallest absolute Gasteiger partial charge is 0.309 e.